The van der Waals surface area contributed by atoms with E-state index in [2.05, 4.69) is 21.9 Å². The van der Waals surface area contributed by atoms with Crippen molar-refractivity contribution in [3.8, 4) is 0 Å². The van der Waals surface area contributed by atoms with Crippen LogP contribution in [0.25, 0.3) is 0 Å². The fraction of sp³-hybridized carbons (Fsp3) is 0.615. The lowest BCUT2D eigenvalue weighted by molar-refractivity contribution is 0.575. The van der Waals surface area contributed by atoms with E-state index in [1.807, 2.05) is 6.92 Å². The van der Waals surface area contributed by atoms with Crippen LogP contribution in [0, 0.1) is 5.92 Å². The molecule has 1 aliphatic rings. The van der Waals surface area contributed by atoms with Crippen molar-refractivity contribution in [2.24, 2.45) is 5.92 Å². The standard InChI is InChI=1S/C13H21N3O2S/c1-3-6-15-11-5-7-14-9-13(11)19(17,18)16-12-8-10(12)4-2/h5,7,9-10,12,16H,3-4,6,8H2,1-2H3,(H,14,15). The first-order valence-corrected chi connectivity index (χ1v) is 8.27. The molecule has 1 fully saturated rings. The Morgan fingerprint density at radius 2 is 2.21 bits per heavy atom. The van der Waals surface area contributed by atoms with Crippen LogP contribution in [-0.2, 0) is 10.0 Å². The molecule has 1 saturated carbocycles. The summed E-state index contributed by atoms with van der Waals surface area (Å²) in [7, 11) is -3.48. The van der Waals surface area contributed by atoms with Crippen LogP contribution in [-0.4, -0.2) is 26.0 Å². The summed E-state index contributed by atoms with van der Waals surface area (Å²) < 4.78 is 27.4. The van der Waals surface area contributed by atoms with Gasteiger partial charge in [-0.05, 0) is 24.8 Å². The molecular formula is C13H21N3O2S. The fourth-order valence-electron chi connectivity index (χ4n) is 2.11. The molecule has 2 rings (SSSR count). The second-order valence-electron chi connectivity index (χ2n) is 4.93. The Labute approximate surface area is 114 Å². The van der Waals surface area contributed by atoms with E-state index in [0.717, 1.165) is 25.8 Å². The van der Waals surface area contributed by atoms with E-state index in [0.29, 0.717) is 11.6 Å². The van der Waals surface area contributed by atoms with Crippen molar-refractivity contribution in [2.75, 3.05) is 11.9 Å². The summed E-state index contributed by atoms with van der Waals surface area (Å²) in [5.74, 6) is 0.485. The van der Waals surface area contributed by atoms with Crippen molar-refractivity contribution in [3.05, 3.63) is 18.5 Å². The first-order chi connectivity index (χ1) is 9.08. The van der Waals surface area contributed by atoms with Gasteiger partial charge in [0.15, 0.2) is 0 Å². The molecule has 5 nitrogen and oxygen atoms in total. The Kier molecular flexibility index (Phi) is 4.42. The molecule has 19 heavy (non-hydrogen) atoms. The summed E-state index contributed by atoms with van der Waals surface area (Å²) in [5, 5.41) is 3.13. The molecule has 0 saturated heterocycles. The molecule has 0 amide bonds. The number of rotatable bonds is 7. The number of pyridine rings is 1. The smallest absolute Gasteiger partial charge is 0.244 e. The maximum Gasteiger partial charge on any atom is 0.244 e. The Hall–Kier alpha value is -1.14. The third-order valence-corrected chi connectivity index (χ3v) is 4.91. The summed E-state index contributed by atoms with van der Waals surface area (Å²) >= 11 is 0. The van der Waals surface area contributed by atoms with Gasteiger partial charge in [-0.25, -0.2) is 13.1 Å². The third kappa shape index (κ3) is 3.45. The van der Waals surface area contributed by atoms with Crippen molar-refractivity contribution in [2.45, 2.75) is 44.0 Å². The Morgan fingerprint density at radius 3 is 2.84 bits per heavy atom. The first-order valence-electron chi connectivity index (χ1n) is 6.78. The summed E-state index contributed by atoms with van der Waals surface area (Å²) in [6, 6.07) is 1.79. The number of aromatic nitrogens is 1. The van der Waals surface area contributed by atoms with Gasteiger partial charge in [0, 0.05) is 25.0 Å². The van der Waals surface area contributed by atoms with Crippen LogP contribution in [0.1, 0.15) is 33.1 Å². The van der Waals surface area contributed by atoms with Crippen LogP contribution in [0.3, 0.4) is 0 Å². The zero-order valence-electron chi connectivity index (χ0n) is 11.4. The number of nitrogens with zero attached hydrogens (tertiary/aromatic N) is 1. The highest BCUT2D eigenvalue weighted by Gasteiger charge is 2.39. The Morgan fingerprint density at radius 1 is 1.42 bits per heavy atom. The molecule has 0 aromatic carbocycles. The van der Waals surface area contributed by atoms with Crippen molar-refractivity contribution >= 4 is 15.7 Å². The topological polar surface area (TPSA) is 71.1 Å². The molecule has 2 N–H and O–H groups in total. The van der Waals surface area contributed by atoms with Gasteiger partial charge in [-0.2, -0.15) is 0 Å². The van der Waals surface area contributed by atoms with E-state index in [4.69, 9.17) is 0 Å². The molecular weight excluding hydrogens is 262 g/mol. The summed E-state index contributed by atoms with van der Waals surface area (Å²) in [4.78, 5) is 4.17. The minimum Gasteiger partial charge on any atom is -0.384 e. The predicted octanol–water partition coefficient (Wildman–Crippen LogP) is 1.98. The fourth-order valence-corrected chi connectivity index (χ4v) is 3.55. The zero-order valence-corrected chi connectivity index (χ0v) is 12.2. The highest BCUT2D eigenvalue weighted by molar-refractivity contribution is 7.89. The minimum atomic E-state index is -3.48. The Bertz CT molecular complexity index is 530. The van der Waals surface area contributed by atoms with Crippen molar-refractivity contribution in [3.63, 3.8) is 0 Å². The van der Waals surface area contributed by atoms with Crippen LogP contribution >= 0.6 is 0 Å². The molecule has 1 aromatic heterocycles. The summed E-state index contributed by atoms with van der Waals surface area (Å²) in [6.45, 7) is 4.86. The van der Waals surface area contributed by atoms with Crippen LogP contribution in [0.15, 0.2) is 23.4 Å². The van der Waals surface area contributed by atoms with Crippen molar-refractivity contribution < 1.29 is 8.42 Å². The molecule has 1 aromatic rings. The minimum absolute atomic E-state index is 0.0919. The molecule has 0 radical (unpaired) electrons. The van der Waals surface area contributed by atoms with E-state index in [-0.39, 0.29) is 10.9 Å². The van der Waals surface area contributed by atoms with Gasteiger partial charge >= 0.3 is 0 Å². The van der Waals surface area contributed by atoms with Gasteiger partial charge in [-0.15, -0.1) is 0 Å². The van der Waals surface area contributed by atoms with Gasteiger partial charge in [-0.3, -0.25) is 4.98 Å². The molecule has 1 aliphatic carbocycles. The molecule has 0 spiro atoms. The second kappa shape index (κ2) is 5.88. The molecule has 106 valence electrons. The van der Waals surface area contributed by atoms with Crippen LogP contribution in [0.2, 0.25) is 0 Å². The lowest BCUT2D eigenvalue weighted by Crippen LogP contribution is -2.28. The SMILES string of the molecule is CCCNc1ccncc1S(=O)(=O)NC1CC1CC. The maximum atomic E-state index is 12.3. The van der Waals surface area contributed by atoms with Crippen LogP contribution < -0.4 is 10.0 Å². The van der Waals surface area contributed by atoms with Crippen molar-refractivity contribution in [1.29, 1.82) is 0 Å². The van der Waals surface area contributed by atoms with Gasteiger partial charge in [0.1, 0.15) is 4.90 Å². The second-order valence-corrected chi connectivity index (χ2v) is 6.61. The highest BCUT2D eigenvalue weighted by Crippen LogP contribution is 2.35. The van der Waals surface area contributed by atoms with E-state index in [1.54, 1.807) is 12.3 Å². The zero-order chi connectivity index (χ0) is 13.9. The van der Waals surface area contributed by atoms with Crippen molar-refractivity contribution in [1.82, 2.24) is 9.71 Å². The van der Waals surface area contributed by atoms with Crippen LogP contribution in [0.4, 0.5) is 5.69 Å². The van der Waals surface area contributed by atoms with Gasteiger partial charge in [0.25, 0.3) is 0 Å². The lowest BCUT2D eigenvalue weighted by Gasteiger charge is -2.12. The van der Waals surface area contributed by atoms with Gasteiger partial charge < -0.3 is 5.32 Å². The number of nitrogens with one attached hydrogen (secondary N) is 2. The van der Waals surface area contributed by atoms with Gasteiger partial charge in [-0.1, -0.05) is 20.3 Å². The average Bonchev–Trinajstić information content (AvgIpc) is 3.14. The Balaban J connectivity index is 2.15. The first kappa shape index (κ1) is 14.3. The van der Waals surface area contributed by atoms with E-state index >= 15 is 0 Å². The van der Waals surface area contributed by atoms with E-state index in [9.17, 15) is 8.42 Å². The molecule has 2 unspecified atom stereocenters. The summed E-state index contributed by atoms with van der Waals surface area (Å²) in [5.41, 5.74) is 0.623. The molecule has 1 heterocycles. The number of hydrogen-bond donors (Lipinski definition) is 2. The average molecular weight is 283 g/mol. The summed E-state index contributed by atoms with van der Waals surface area (Å²) in [6.07, 6.45) is 5.90. The molecule has 6 heteroatoms. The number of sulfonamides is 1. The molecule has 2 atom stereocenters. The molecule has 0 bridgehead atoms. The van der Waals surface area contributed by atoms with E-state index < -0.39 is 10.0 Å². The van der Waals surface area contributed by atoms with Gasteiger partial charge in [0.05, 0.1) is 5.69 Å². The predicted molar refractivity (Wildman–Crippen MR) is 75.5 cm³/mol. The van der Waals surface area contributed by atoms with Crippen LogP contribution in [0.5, 0.6) is 0 Å². The number of hydrogen-bond acceptors (Lipinski definition) is 4. The van der Waals surface area contributed by atoms with E-state index in [1.165, 1.54) is 6.20 Å². The normalized spacial score (nSPS) is 22.2. The maximum absolute atomic E-state index is 12.3. The quantitative estimate of drug-likeness (QED) is 0.802. The number of anilines is 1. The molecule has 0 aliphatic heterocycles. The lowest BCUT2D eigenvalue weighted by atomic mass is 10.3. The third-order valence-electron chi connectivity index (χ3n) is 3.39. The van der Waals surface area contributed by atoms with Gasteiger partial charge in [0.2, 0.25) is 10.0 Å². The highest BCUT2D eigenvalue weighted by atomic mass is 32.2. The largest absolute Gasteiger partial charge is 0.384 e. The monoisotopic (exact) mass is 283 g/mol.